The maximum atomic E-state index is 10.2. The zero-order valence-electron chi connectivity index (χ0n) is 12.4. The summed E-state index contributed by atoms with van der Waals surface area (Å²) in [6.45, 7) is 9.78. The normalized spacial score (nSPS) is 13.6. The summed E-state index contributed by atoms with van der Waals surface area (Å²) in [6.07, 6.45) is 9.29. The molecule has 0 aromatic rings. The van der Waals surface area contributed by atoms with Crippen LogP contribution in [0.2, 0.25) is 0 Å². The number of hydrogen-bond donors (Lipinski definition) is 1. The van der Waals surface area contributed by atoms with E-state index in [-0.39, 0.29) is 6.23 Å². The Hall–Kier alpha value is -0.0800. The summed E-state index contributed by atoms with van der Waals surface area (Å²) in [6, 6.07) is 0.585. The standard InChI is InChI=1S/C15H33NO/c1-5-9-12-14(13-10-6-2)16(8-4)15(17)11-7-3/h14-15,17H,5-13H2,1-4H3. The molecule has 1 N–H and O–H groups in total. The van der Waals surface area contributed by atoms with Gasteiger partial charge in [-0.3, -0.25) is 4.90 Å². The molecule has 0 bridgehead atoms. The van der Waals surface area contributed by atoms with E-state index < -0.39 is 0 Å². The summed E-state index contributed by atoms with van der Waals surface area (Å²) in [5.74, 6) is 0. The molecule has 0 aliphatic rings. The summed E-state index contributed by atoms with van der Waals surface area (Å²) in [7, 11) is 0. The molecule has 0 aromatic carbocycles. The second-order valence-corrected chi connectivity index (χ2v) is 5.04. The molecule has 2 nitrogen and oxygen atoms in total. The average molecular weight is 243 g/mol. The lowest BCUT2D eigenvalue weighted by molar-refractivity contribution is -0.0325. The second kappa shape index (κ2) is 11.0. The Bertz CT molecular complexity index is 153. The van der Waals surface area contributed by atoms with Crippen molar-refractivity contribution < 1.29 is 5.11 Å². The monoisotopic (exact) mass is 243 g/mol. The Morgan fingerprint density at radius 1 is 0.824 bits per heavy atom. The minimum Gasteiger partial charge on any atom is -0.378 e. The molecule has 0 saturated carbocycles. The molecule has 1 atom stereocenters. The fraction of sp³-hybridized carbons (Fsp3) is 1.00. The second-order valence-electron chi connectivity index (χ2n) is 5.04. The maximum absolute atomic E-state index is 10.2. The highest BCUT2D eigenvalue weighted by Gasteiger charge is 2.21. The molecule has 2 heteroatoms. The molecule has 0 aliphatic heterocycles. The van der Waals surface area contributed by atoms with Crippen molar-refractivity contribution in [2.75, 3.05) is 6.54 Å². The van der Waals surface area contributed by atoms with E-state index in [1.807, 2.05) is 0 Å². The van der Waals surface area contributed by atoms with Crippen LogP contribution in [0.1, 0.15) is 79.1 Å². The first kappa shape index (κ1) is 16.9. The van der Waals surface area contributed by atoms with Crippen LogP contribution >= 0.6 is 0 Å². The molecule has 17 heavy (non-hydrogen) atoms. The van der Waals surface area contributed by atoms with Gasteiger partial charge in [0.15, 0.2) is 0 Å². The van der Waals surface area contributed by atoms with Gasteiger partial charge in [-0.1, -0.05) is 59.8 Å². The summed E-state index contributed by atoms with van der Waals surface area (Å²) in [5.41, 5.74) is 0. The van der Waals surface area contributed by atoms with Gasteiger partial charge in [0.1, 0.15) is 6.23 Å². The number of hydrogen-bond acceptors (Lipinski definition) is 2. The molecule has 0 aliphatic carbocycles. The van der Waals surface area contributed by atoms with Crippen molar-refractivity contribution in [1.82, 2.24) is 4.90 Å². The minimum absolute atomic E-state index is 0.233. The third-order valence-corrected chi connectivity index (χ3v) is 3.55. The van der Waals surface area contributed by atoms with Gasteiger partial charge in [-0.05, 0) is 25.8 Å². The van der Waals surface area contributed by atoms with Crippen molar-refractivity contribution in [3.63, 3.8) is 0 Å². The highest BCUT2D eigenvalue weighted by molar-refractivity contribution is 4.73. The molecule has 0 spiro atoms. The first-order valence-corrected chi connectivity index (χ1v) is 7.64. The topological polar surface area (TPSA) is 23.5 Å². The van der Waals surface area contributed by atoms with Crippen LogP contribution in [0.15, 0.2) is 0 Å². The van der Waals surface area contributed by atoms with Crippen LogP contribution in [0.5, 0.6) is 0 Å². The molecule has 104 valence electrons. The lowest BCUT2D eigenvalue weighted by Gasteiger charge is -2.35. The number of aliphatic hydroxyl groups excluding tert-OH is 1. The average Bonchev–Trinajstić information content (AvgIpc) is 2.33. The Morgan fingerprint density at radius 2 is 1.35 bits per heavy atom. The molecule has 0 saturated heterocycles. The van der Waals surface area contributed by atoms with E-state index in [1.54, 1.807) is 0 Å². The Morgan fingerprint density at radius 3 is 1.71 bits per heavy atom. The van der Waals surface area contributed by atoms with Crippen molar-refractivity contribution in [3.05, 3.63) is 0 Å². The van der Waals surface area contributed by atoms with Crippen molar-refractivity contribution in [2.24, 2.45) is 0 Å². The summed E-state index contributed by atoms with van der Waals surface area (Å²) >= 11 is 0. The lowest BCUT2D eigenvalue weighted by Crippen LogP contribution is -2.43. The Balaban J connectivity index is 4.35. The fourth-order valence-corrected chi connectivity index (χ4v) is 2.49. The van der Waals surface area contributed by atoms with E-state index in [0.717, 1.165) is 19.4 Å². The van der Waals surface area contributed by atoms with Crippen LogP contribution in [0.3, 0.4) is 0 Å². The first-order chi connectivity index (χ1) is 8.21. The van der Waals surface area contributed by atoms with Crippen LogP contribution in [0.25, 0.3) is 0 Å². The highest BCUT2D eigenvalue weighted by atomic mass is 16.3. The van der Waals surface area contributed by atoms with E-state index >= 15 is 0 Å². The number of nitrogens with zero attached hydrogens (tertiary/aromatic N) is 1. The quantitative estimate of drug-likeness (QED) is 0.550. The SMILES string of the molecule is CCCCC(CCCC)N(CC)C(O)CCC. The molecule has 1 unspecified atom stereocenters. The molecule has 0 rings (SSSR count). The summed E-state index contributed by atoms with van der Waals surface area (Å²) in [4.78, 5) is 2.31. The third kappa shape index (κ3) is 7.05. The molecular weight excluding hydrogens is 210 g/mol. The van der Waals surface area contributed by atoms with Gasteiger partial charge >= 0.3 is 0 Å². The predicted octanol–water partition coefficient (Wildman–Crippen LogP) is 4.18. The van der Waals surface area contributed by atoms with Gasteiger partial charge in [0, 0.05) is 6.04 Å². The molecule has 0 fully saturated rings. The van der Waals surface area contributed by atoms with Gasteiger partial charge in [0.2, 0.25) is 0 Å². The summed E-state index contributed by atoms with van der Waals surface area (Å²) < 4.78 is 0. The van der Waals surface area contributed by atoms with Crippen LogP contribution in [-0.2, 0) is 0 Å². The number of rotatable bonds is 11. The summed E-state index contributed by atoms with van der Waals surface area (Å²) in [5, 5.41) is 10.2. The van der Waals surface area contributed by atoms with Gasteiger partial charge in [-0.2, -0.15) is 0 Å². The van der Waals surface area contributed by atoms with Crippen molar-refractivity contribution in [1.29, 1.82) is 0 Å². The molecule has 0 radical (unpaired) electrons. The minimum atomic E-state index is -0.233. The van der Waals surface area contributed by atoms with E-state index in [1.165, 1.54) is 38.5 Å². The van der Waals surface area contributed by atoms with Gasteiger partial charge in [0.05, 0.1) is 0 Å². The van der Waals surface area contributed by atoms with E-state index in [2.05, 4.69) is 32.6 Å². The molecule has 0 amide bonds. The fourth-order valence-electron chi connectivity index (χ4n) is 2.49. The smallest absolute Gasteiger partial charge is 0.107 e. The van der Waals surface area contributed by atoms with Crippen LogP contribution in [0, 0.1) is 0 Å². The van der Waals surface area contributed by atoms with Crippen molar-refractivity contribution >= 4 is 0 Å². The van der Waals surface area contributed by atoms with Crippen molar-refractivity contribution in [3.8, 4) is 0 Å². The van der Waals surface area contributed by atoms with Gasteiger partial charge in [-0.25, -0.2) is 0 Å². The Kier molecular flexibility index (Phi) is 11.0. The Labute approximate surface area is 108 Å². The van der Waals surface area contributed by atoms with Gasteiger partial charge in [0.25, 0.3) is 0 Å². The zero-order valence-corrected chi connectivity index (χ0v) is 12.4. The number of aliphatic hydroxyl groups is 1. The van der Waals surface area contributed by atoms with Crippen LogP contribution in [0.4, 0.5) is 0 Å². The highest BCUT2D eigenvalue weighted by Crippen LogP contribution is 2.19. The zero-order chi connectivity index (χ0) is 13.1. The van der Waals surface area contributed by atoms with Crippen LogP contribution in [-0.4, -0.2) is 28.8 Å². The lowest BCUT2D eigenvalue weighted by atomic mass is 10.0. The van der Waals surface area contributed by atoms with E-state index in [0.29, 0.717) is 6.04 Å². The van der Waals surface area contributed by atoms with E-state index in [4.69, 9.17) is 0 Å². The van der Waals surface area contributed by atoms with E-state index in [9.17, 15) is 5.11 Å². The molecule has 0 heterocycles. The predicted molar refractivity (Wildman–Crippen MR) is 76.1 cm³/mol. The van der Waals surface area contributed by atoms with Crippen LogP contribution < -0.4 is 0 Å². The first-order valence-electron chi connectivity index (χ1n) is 7.64. The molecular formula is C15H33NO. The number of unbranched alkanes of at least 4 members (excludes halogenated alkanes) is 2. The van der Waals surface area contributed by atoms with Crippen molar-refractivity contribution in [2.45, 2.75) is 91.3 Å². The third-order valence-electron chi connectivity index (χ3n) is 3.55. The van der Waals surface area contributed by atoms with Gasteiger partial charge < -0.3 is 5.11 Å². The largest absolute Gasteiger partial charge is 0.378 e. The maximum Gasteiger partial charge on any atom is 0.107 e. The molecule has 0 aromatic heterocycles. The van der Waals surface area contributed by atoms with Gasteiger partial charge in [-0.15, -0.1) is 0 Å².